The van der Waals surface area contributed by atoms with Gasteiger partial charge in [-0.25, -0.2) is 4.98 Å². The smallest absolute Gasteiger partial charge is 0.325 e. The van der Waals surface area contributed by atoms with Gasteiger partial charge in [0.2, 0.25) is 17.7 Å². The SMILES string of the molecule is CC(NC(=O)C(CO)NC(=O)C(CS)NC(=O)C(N)Cc1cnc[nH]1)C(=O)O. The van der Waals surface area contributed by atoms with Crippen LogP contribution in [-0.4, -0.2) is 80.4 Å². The number of thiol groups is 1. The summed E-state index contributed by atoms with van der Waals surface area (Å²) >= 11 is 4.00. The summed E-state index contributed by atoms with van der Waals surface area (Å²) in [5.41, 5.74) is 6.43. The second kappa shape index (κ2) is 11.3. The summed E-state index contributed by atoms with van der Waals surface area (Å²) < 4.78 is 0. The number of hydrogen-bond donors (Lipinski definition) is 8. The monoisotopic (exact) mass is 416 g/mol. The largest absolute Gasteiger partial charge is 0.480 e. The van der Waals surface area contributed by atoms with Crippen molar-refractivity contribution in [3.05, 3.63) is 18.2 Å². The number of aromatic nitrogens is 2. The molecule has 0 aromatic carbocycles. The second-order valence-corrected chi connectivity index (χ2v) is 6.31. The van der Waals surface area contributed by atoms with E-state index in [0.717, 1.165) is 0 Å². The Morgan fingerprint density at radius 1 is 1.18 bits per heavy atom. The third-order valence-electron chi connectivity index (χ3n) is 3.69. The van der Waals surface area contributed by atoms with Crippen molar-refractivity contribution in [2.75, 3.05) is 12.4 Å². The Morgan fingerprint density at radius 3 is 2.29 bits per heavy atom. The number of carbonyl (C=O) groups excluding carboxylic acids is 3. The molecule has 156 valence electrons. The predicted molar refractivity (Wildman–Crippen MR) is 100 cm³/mol. The maximum absolute atomic E-state index is 12.3. The number of aliphatic carboxylic acids is 1. The van der Waals surface area contributed by atoms with Crippen LogP contribution in [0.25, 0.3) is 0 Å². The summed E-state index contributed by atoms with van der Waals surface area (Å²) in [4.78, 5) is 53.8. The average Bonchev–Trinajstić information content (AvgIpc) is 3.16. The zero-order valence-corrected chi connectivity index (χ0v) is 16.0. The highest BCUT2D eigenvalue weighted by Crippen LogP contribution is 1.99. The van der Waals surface area contributed by atoms with Crippen molar-refractivity contribution in [2.24, 2.45) is 5.73 Å². The minimum Gasteiger partial charge on any atom is -0.480 e. The minimum atomic E-state index is -1.40. The van der Waals surface area contributed by atoms with Crippen molar-refractivity contribution < 1.29 is 29.4 Å². The Labute approximate surface area is 166 Å². The molecule has 13 heteroatoms. The number of aliphatic hydroxyl groups is 1. The summed E-state index contributed by atoms with van der Waals surface area (Å²) in [6, 6.07) is -4.68. The fraction of sp³-hybridized carbons (Fsp3) is 0.533. The number of nitrogens with zero attached hydrogens (tertiary/aromatic N) is 1. The van der Waals surface area contributed by atoms with Gasteiger partial charge in [0.1, 0.15) is 18.1 Å². The quantitative estimate of drug-likeness (QED) is 0.172. The van der Waals surface area contributed by atoms with E-state index in [1.807, 2.05) is 0 Å². The molecule has 0 aliphatic carbocycles. The van der Waals surface area contributed by atoms with E-state index in [2.05, 4.69) is 38.5 Å². The lowest BCUT2D eigenvalue weighted by molar-refractivity contribution is -0.142. The van der Waals surface area contributed by atoms with Crippen LogP contribution in [-0.2, 0) is 25.6 Å². The number of carboxylic acids is 1. The van der Waals surface area contributed by atoms with E-state index >= 15 is 0 Å². The van der Waals surface area contributed by atoms with Gasteiger partial charge in [-0.1, -0.05) is 0 Å². The number of hydrogen-bond acceptors (Lipinski definition) is 8. The third kappa shape index (κ3) is 7.17. The van der Waals surface area contributed by atoms with Gasteiger partial charge in [-0.05, 0) is 6.92 Å². The molecule has 1 aromatic rings. The number of amides is 3. The van der Waals surface area contributed by atoms with E-state index in [1.54, 1.807) is 0 Å². The summed E-state index contributed by atoms with van der Waals surface area (Å²) in [5, 5.41) is 24.9. The Morgan fingerprint density at radius 2 is 1.79 bits per heavy atom. The molecule has 4 atom stereocenters. The lowest BCUT2D eigenvalue weighted by Gasteiger charge is -2.22. The number of rotatable bonds is 11. The number of aromatic amines is 1. The van der Waals surface area contributed by atoms with Crippen LogP contribution in [0.3, 0.4) is 0 Å². The van der Waals surface area contributed by atoms with Gasteiger partial charge in [-0.3, -0.25) is 19.2 Å². The fourth-order valence-corrected chi connectivity index (χ4v) is 2.30. The average molecular weight is 416 g/mol. The van der Waals surface area contributed by atoms with Crippen LogP contribution in [0.4, 0.5) is 0 Å². The molecule has 28 heavy (non-hydrogen) atoms. The molecule has 0 spiro atoms. The Bertz CT molecular complexity index is 685. The number of nitrogens with one attached hydrogen (secondary N) is 4. The summed E-state index contributed by atoms with van der Waals surface area (Å²) in [6.07, 6.45) is 3.12. The lowest BCUT2D eigenvalue weighted by atomic mass is 10.1. The number of nitrogens with two attached hydrogens (primary N) is 1. The summed E-state index contributed by atoms with van der Waals surface area (Å²) in [5.74, 6) is -3.66. The topological polar surface area (TPSA) is 200 Å². The van der Waals surface area contributed by atoms with Gasteiger partial charge < -0.3 is 36.9 Å². The van der Waals surface area contributed by atoms with Crippen molar-refractivity contribution in [2.45, 2.75) is 37.5 Å². The molecule has 0 fully saturated rings. The van der Waals surface area contributed by atoms with Crippen LogP contribution < -0.4 is 21.7 Å². The molecule has 0 aliphatic heterocycles. The Kier molecular flexibility index (Phi) is 9.41. The second-order valence-electron chi connectivity index (χ2n) is 5.94. The van der Waals surface area contributed by atoms with Gasteiger partial charge in [0.05, 0.1) is 19.0 Å². The van der Waals surface area contributed by atoms with Crippen LogP contribution in [0.15, 0.2) is 12.5 Å². The highest BCUT2D eigenvalue weighted by Gasteiger charge is 2.28. The number of imidazole rings is 1. The highest BCUT2D eigenvalue weighted by molar-refractivity contribution is 7.80. The molecular formula is C15H24N6O6S. The van der Waals surface area contributed by atoms with Crippen molar-refractivity contribution in [3.63, 3.8) is 0 Å². The van der Waals surface area contributed by atoms with E-state index in [1.165, 1.54) is 19.4 Å². The van der Waals surface area contributed by atoms with Crippen molar-refractivity contribution in [1.29, 1.82) is 0 Å². The van der Waals surface area contributed by atoms with Gasteiger partial charge >= 0.3 is 5.97 Å². The molecule has 0 aliphatic rings. The molecular weight excluding hydrogens is 392 g/mol. The van der Waals surface area contributed by atoms with E-state index in [0.29, 0.717) is 5.69 Å². The predicted octanol–water partition coefficient (Wildman–Crippen LogP) is -3.24. The molecule has 1 heterocycles. The maximum atomic E-state index is 12.3. The van der Waals surface area contributed by atoms with E-state index < -0.39 is 54.5 Å². The first-order valence-corrected chi connectivity index (χ1v) is 8.91. The normalized spacial score (nSPS) is 15.0. The standard InChI is InChI=1S/C15H24N6O6S/c1-7(15(26)27)19-13(24)10(4-22)20-14(25)11(5-28)21-12(23)9(16)2-8-3-17-6-18-8/h3,6-7,9-11,22,28H,2,4-5,16H2,1H3,(H,17,18)(H,19,24)(H,20,25)(H,21,23)(H,26,27). The first-order chi connectivity index (χ1) is 13.2. The van der Waals surface area contributed by atoms with Crippen molar-refractivity contribution >= 4 is 36.3 Å². The minimum absolute atomic E-state index is 0.0976. The van der Waals surface area contributed by atoms with Crippen LogP contribution in [0.2, 0.25) is 0 Å². The van der Waals surface area contributed by atoms with Crippen LogP contribution in [0.1, 0.15) is 12.6 Å². The summed E-state index contributed by atoms with van der Waals surface area (Å²) in [7, 11) is 0. The molecule has 3 amide bonds. The van der Waals surface area contributed by atoms with Gasteiger partial charge in [-0.2, -0.15) is 12.6 Å². The number of H-pyrrole nitrogens is 1. The maximum Gasteiger partial charge on any atom is 0.325 e. The zero-order valence-electron chi connectivity index (χ0n) is 15.1. The zero-order chi connectivity index (χ0) is 21.3. The van der Waals surface area contributed by atoms with Crippen molar-refractivity contribution in [1.82, 2.24) is 25.9 Å². The third-order valence-corrected chi connectivity index (χ3v) is 4.06. The molecule has 1 rings (SSSR count). The number of carboxylic acid groups (broad SMARTS) is 1. The first-order valence-electron chi connectivity index (χ1n) is 8.28. The van der Waals surface area contributed by atoms with Gasteiger partial charge in [0, 0.05) is 24.1 Å². The molecule has 8 N–H and O–H groups in total. The van der Waals surface area contributed by atoms with Gasteiger partial charge in [-0.15, -0.1) is 0 Å². The van der Waals surface area contributed by atoms with E-state index in [4.69, 9.17) is 10.8 Å². The molecule has 1 aromatic heterocycles. The fourth-order valence-electron chi connectivity index (χ4n) is 2.04. The molecule has 0 bridgehead atoms. The van der Waals surface area contributed by atoms with E-state index in [-0.39, 0.29) is 12.2 Å². The van der Waals surface area contributed by atoms with Crippen LogP contribution in [0.5, 0.6) is 0 Å². The first kappa shape index (κ1) is 23.4. The van der Waals surface area contributed by atoms with Crippen molar-refractivity contribution in [3.8, 4) is 0 Å². The highest BCUT2D eigenvalue weighted by atomic mass is 32.1. The Hall–Kier alpha value is -2.64. The van der Waals surface area contributed by atoms with Crippen LogP contribution in [0, 0.1) is 0 Å². The number of aliphatic hydroxyl groups excluding tert-OH is 1. The molecule has 12 nitrogen and oxygen atoms in total. The molecule has 0 saturated heterocycles. The number of carbonyl (C=O) groups is 4. The summed E-state index contributed by atoms with van der Waals surface area (Å²) in [6.45, 7) is 0.463. The van der Waals surface area contributed by atoms with E-state index in [9.17, 15) is 24.3 Å². The lowest BCUT2D eigenvalue weighted by Crippen LogP contribution is -2.58. The molecule has 4 unspecified atom stereocenters. The Balaban J connectivity index is 2.63. The molecule has 0 radical (unpaired) electrons. The van der Waals surface area contributed by atoms with Gasteiger partial charge in [0.15, 0.2) is 0 Å². The van der Waals surface area contributed by atoms with Gasteiger partial charge in [0.25, 0.3) is 0 Å². The van der Waals surface area contributed by atoms with Crippen LogP contribution >= 0.6 is 12.6 Å². The molecule has 0 saturated carbocycles.